The fourth-order valence-electron chi connectivity index (χ4n) is 3.82. The van der Waals surface area contributed by atoms with Crippen LogP contribution in [-0.4, -0.2) is 24.6 Å². The minimum atomic E-state index is -0.236. The summed E-state index contributed by atoms with van der Waals surface area (Å²) in [7, 11) is 1.62. The van der Waals surface area contributed by atoms with Crippen molar-refractivity contribution in [3.8, 4) is 22.6 Å². The Morgan fingerprint density at radius 3 is 2.64 bits per heavy atom. The minimum Gasteiger partial charge on any atom is -0.496 e. The molecule has 4 aromatic rings. The number of furan rings is 1. The number of hydrogen-bond donors (Lipinski definition) is 1. The summed E-state index contributed by atoms with van der Waals surface area (Å²) in [4.78, 5) is 16.9. The molecular weight excluding hydrogens is 436 g/mol. The molecule has 170 valence electrons. The Kier molecular flexibility index (Phi) is 6.51. The van der Waals surface area contributed by atoms with Gasteiger partial charge in [0, 0.05) is 33.5 Å². The van der Waals surface area contributed by atoms with E-state index in [1.54, 1.807) is 19.4 Å². The number of amides is 1. The number of anilines is 1. The molecule has 0 aliphatic rings. The van der Waals surface area contributed by atoms with Crippen LogP contribution < -0.4 is 14.8 Å². The van der Waals surface area contributed by atoms with Crippen LogP contribution in [-0.2, 0) is 4.79 Å². The first-order chi connectivity index (χ1) is 15.9. The Bertz CT molecular complexity index is 1330. The summed E-state index contributed by atoms with van der Waals surface area (Å²) >= 11 is 1.40. The standard InChI is InChI=1S/C26H26N2O4S/c1-6-31-19-9-7-18(8-10-19)22-13-32-25-17(4)24(30-5)20(12-21(22)25)15(2)11-23(29)28-26-27-16(3)14-33-26/h7-14H,6H2,1-5H3,(H,27,28,29)/b15-11+. The third-order valence-electron chi connectivity index (χ3n) is 5.35. The van der Waals surface area contributed by atoms with Gasteiger partial charge in [0.15, 0.2) is 5.13 Å². The predicted molar refractivity (Wildman–Crippen MR) is 133 cm³/mol. The van der Waals surface area contributed by atoms with Gasteiger partial charge in [-0.25, -0.2) is 4.98 Å². The van der Waals surface area contributed by atoms with Crippen LogP contribution in [0.25, 0.3) is 27.7 Å². The van der Waals surface area contributed by atoms with Gasteiger partial charge in [-0.05, 0) is 57.0 Å². The summed E-state index contributed by atoms with van der Waals surface area (Å²) in [6, 6.07) is 9.94. The highest BCUT2D eigenvalue weighted by Gasteiger charge is 2.19. The maximum atomic E-state index is 12.6. The number of thiazole rings is 1. The summed E-state index contributed by atoms with van der Waals surface area (Å²) in [5.41, 5.74) is 6.12. The number of fused-ring (bicyclic) bond motifs is 1. The van der Waals surface area contributed by atoms with Gasteiger partial charge in [-0.2, -0.15) is 0 Å². The van der Waals surface area contributed by atoms with Crippen LogP contribution in [0.4, 0.5) is 5.13 Å². The van der Waals surface area contributed by atoms with Crippen molar-refractivity contribution < 1.29 is 18.7 Å². The second-order valence-corrected chi connectivity index (χ2v) is 8.53. The average Bonchev–Trinajstić information content (AvgIpc) is 3.40. The van der Waals surface area contributed by atoms with E-state index in [0.29, 0.717) is 17.5 Å². The van der Waals surface area contributed by atoms with Crippen molar-refractivity contribution in [2.75, 3.05) is 19.0 Å². The van der Waals surface area contributed by atoms with Gasteiger partial charge in [-0.15, -0.1) is 11.3 Å². The molecule has 0 aliphatic heterocycles. The summed E-state index contributed by atoms with van der Waals surface area (Å²) in [5, 5.41) is 6.25. The molecule has 0 saturated heterocycles. The summed E-state index contributed by atoms with van der Waals surface area (Å²) < 4.78 is 17.2. The number of aryl methyl sites for hydroxylation is 2. The first kappa shape index (κ1) is 22.6. The van der Waals surface area contributed by atoms with Crippen molar-refractivity contribution >= 4 is 38.9 Å². The topological polar surface area (TPSA) is 73.6 Å². The molecule has 4 rings (SSSR count). The zero-order valence-electron chi connectivity index (χ0n) is 19.3. The number of nitrogens with one attached hydrogen (secondary N) is 1. The Labute approximate surface area is 196 Å². The average molecular weight is 463 g/mol. The Hall–Kier alpha value is -3.58. The van der Waals surface area contributed by atoms with E-state index in [2.05, 4.69) is 10.3 Å². The molecule has 0 fully saturated rings. The largest absolute Gasteiger partial charge is 0.496 e. The molecule has 0 aliphatic carbocycles. The van der Waals surface area contributed by atoms with Crippen LogP contribution in [0.1, 0.15) is 30.7 Å². The van der Waals surface area contributed by atoms with Crippen molar-refractivity contribution in [2.24, 2.45) is 0 Å². The zero-order chi connectivity index (χ0) is 23.5. The van der Waals surface area contributed by atoms with Crippen LogP contribution >= 0.6 is 11.3 Å². The van der Waals surface area contributed by atoms with E-state index >= 15 is 0 Å². The van der Waals surface area contributed by atoms with E-state index in [9.17, 15) is 4.79 Å². The third kappa shape index (κ3) is 4.64. The number of carbonyl (C=O) groups excluding carboxylic acids is 1. The van der Waals surface area contributed by atoms with Gasteiger partial charge >= 0.3 is 0 Å². The highest BCUT2D eigenvalue weighted by atomic mass is 32.1. The fraction of sp³-hybridized carbons (Fsp3) is 0.231. The van der Waals surface area contributed by atoms with E-state index in [4.69, 9.17) is 13.9 Å². The zero-order valence-corrected chi connectivity index (χ0v) is 20.1. The number of ether oxygens (including phenoxy) is 2. The number of aromatic nitrogens is 1. The molecule has 33 heavy (non-hydrogen) atoms. The molecule has 2 aromatic heterocycles. The highest BCUT2D eigenvalue weighted by molar-refractivity contribution is 7.13. The van der Waals surface area contributed by atoms with Crippen molar-refractivity contribution in [1.82, 2.24) is 4.98 Å². The third-order valence-corrected chi connectivity index (χ3v) is 6.22. The minimum absolute atomic E-state index is 0.236. The number of allylic oxidation sites excluding steroid dienone is 1. The lowest BCUT2D eigenvalue weighted by Crippen LogP contribution is -2.08. The van der Waals surface area contributed by atoms with Gasteiger partial charge < -0.3 is 13.9 Å². The molecule has 0 radical (unpaired) electrons. The van der Waals surface area contributed by atoms with E-state index in [1.807, 2.05) is 63.4 Å². The molecule has 1 amide bonds. The smallest absolute Gasteiger partial charge is 0.250 e. The lowest BCUT2D eigenvalue weighted by molar-refractivity contribution is -0.111. The lowest BCUT2D eigenvalue weighted by Gasteiger charge is -2.13. The molecule has 2 aromatic carbocycles. The van der Waals surface area contributed by atoms with Crippen LogP contribution in [0, 0.1) is 13.8 Å². The molecule has 7 heteroatoms. The first-order valence-corrected chi connectivity index (χ1v) is 11.5. The Balaban J connectivity index is 1.74. The molecule has 0 bridgehead atoms. The van der Waals surface area contributed by atoms with Crippen LogP contribution in [0.15, 0.2) is 52.5 Å². The van der Waals surface area contributed by atoms with Crippen LogP contribution in [0.2, 0.25) is 0 Å². The van der Waals surface area contributed by atoms with Crippen LogP contribution in [0.5, 0.6) is 11.5 Å². The SMILES string of the molecule is CCOc1ccc(-c2coc3c(C)c(OC)c(/C(C)=C/C(=O)Nc4nc(C)cs4)cc23)cc1. The first-order valence-electron chi connectivity index (χ1n) is 10.6. The predicted octanol–water partition coefficient (Wildman–Crippen LogP) is 6.62. The van der Waals surface area contributed by atoms with Crippen molar-refractivity contribution in [1.29, 1.82) is 0 Å². The van der Waals surface area contributed by atoms with Crippen molar-refractivity contribution in [3.05, 3.63) is 64.9 Å². The summed E-state index contributed by atoms with van der Waals surface area (Å²) in [5.74, 6) is 1.27. The lowest BCUT2D eigenvalue weighted by atomic mass is 9.96. The molecule has 2 heterocycles. The van der Waals surface area contributed by atoms with E-state index < -0.39 is 0 Å². The molecule has 0 atom stereocenters. The van der Waals surface area contributed by atoms with Gasteiger partial charge in [0.2, 0.25) is 5.91 Å². The van der Waals surface area contributed by atoms with E-state index in [1.165, 1.54) is 11.3 Å². The molecular formula is C26H26N2O4S. The molecule has 0 spiro atoms. The number of methoxy groups -OCH3 is 1. The molecule has 0 saturated carbocycles. The number of hydrogen-bond acceptors (Lipinski definition) is 6. The van der Waals surface area contributed by atoms with Gasteiger partial charge in [0.05, 0.1) is 25.7 Å². The normalized spacial score (nSPS) is 11.6. The van der Waals surface area contributed by atoms with Crippen molar-refractivity contribution in [3.63, 3.8) is 0 Å². The van der Waals surface area contributed by atoms with E-state index in [0.717, 1.165) is 50.2 Å². The quantitative estimate of drug-likeness (QED) is 0.312. The monoisotopic (exact) mass is 462 g/mol. The second kappa shape index (κ2) is 9.50. The maximum absolute atomic E-state index is 12.6. The molecule has 0 unspecified atom stereocenters. The van der Waals surface area contributed by atoms with Gasteiger partial charge in [0.1, 0.15) is 17.1 Å². The number of nitrogens with zero attached hydrogens (tertiary/aromatic N) is 1. The van der Waals surface area contributed by atoms with Gasteiger partial charge in [-0.1, -0.05) is 12.1 Å². The van der Waals surface area contributed by atoms with Gasteiger partial charge in [0.25, 0.3) is 0 Å². The number of carbonyl (C=O) groups is 1. The highest BCUT2D eigenvalue weighted by Crippen LogP contribution is 2.40. The second-order valence-electron chi connectivity index (χ2n) is 7.68. The number of benzene rings is 2. The fourth-order valence-corrected chi connectivity index (χ4v) is 4.51. The van der Waals surface area contributed by atoms with E-state index in [-0.39, 0.29) is 5.91 Å². The summed E-state index contributed by atoms with van der Waals surface area (Å²) in [6.07, 6.45) is 3.32. The Morgan fingerprint density at radius 2 is 2.00 bits per heavy atom. The molecule has 6 nitrogen and oxygen atoms in total. The van der Waals surface area contributed by atoms with Gasteiger partial charge in [-0.3, -0.25) is 10.1 Å². The number of rotatable bonds is 7. The van der Waals surface area contributed by atoms with Crippen molar-refractivity contribution in [2.45, 2.75) is 27.7 Å². The molecule has 1 N–H and O–H groups in total. The van der Waals surface area contributed by atoms with Crippen LogP contribution in [0.3, 0.4) is 0 Å². The maximum Gasteiger partial charge on any atom is 0.250 e. The summed E-state index contributed by atoms with van der Waals surface area (Å²) in [6.45, 7) is 8.33. The Morgan fingerprint density at radius 1 is 1.24 bits per heavy atom.